The van der Waals surface area contributed by atoms with Crippen molar-refractivity contribution in [2.45, 2.75) is 116 Å². The molecule has 80 heavy (non-hydrogen) atoms. The Kier molecular flexibility index (Phi) is 20.4. The van der Waals surface area contributed by atoms with Crippen LogP contribution >= 0.6 is 11.3 Å². The third-order valence-electron chi connectivity index (χ3n) is 15.1. The molecule has 3 amide bonds. The number of pyridine rings is 1. The highest BCUT2D eigenvalue weighted by Crippen LogP contribution is 2.39. The van der Waals surface area contributed by atoms with Crippen molar-refractivity contribution < 1.29 is 43.2 Å². The summed E-state index contributed by atoms with van der Waals surface area (Å²) in [6.07, 6.45) is 16.3. The summed E-state index contributed by atoms with van der Waals surface area (Å²) >= 11 is 1.60. The number of fused-ring (bicyclic) bond motifs is 4. The number of benzene rings is 3. The Morgan fingerprint density at radius 1 is 1.00 bits per heavy atom. The SMILES string of the molecule is C#Cc1c(F)ccc2cc(O)cc(-c3ncc4c(N5CC6CCC(C5)N6)nc(OC)nc4c3F)c12.CC(C)C.Cc1ncsc1-c1ccc(C(CO)NC=O)cc1.O=C(CN1C(=O)CCC1CCCN1CCCC1)N1CCC(O)C1. The second kappa shape index (κ2) is 27.5. The molecule has 20 heteroatoms. The van der Waals surface area contributed by atoms with E-state index in [4.69, 9.17) is 11.2 Å². The molecule has 11 rings (SSSR count). The number of nitrogens with zero attached hydrogens (tertiary/aromatic N) is 8. The van der Waals surface area contributed by atoms with Crippen molar-refractivity contribution in [2.75, 3.05) is 71.0 Å². The smallest absolute Gasteiger partial charge is 0.318 e. The van der Waals surface area contributed by atoms with E-state index < -0.39 is 17.7 Å². The van der Waals surface area contributed by atoms with Crippen molar-refractivity contribution in [3.05, 3.63) is 88.7 Å². The number of carbonyl (C=O) groups excluding carboxylic acids is 3. The number of phenols is 1. The highest BCUT2D eigenvalue weighted by molar-refractivity contribution is 7.13. The van der Waals surface area contributed by atoms with Crippen LogP contribution in [0.2, 0.25) is 0 Å². The molecule has 8 heterocycles. The predicted molar refractivity (Wildman–Crippen MR) is 307 cm³/mol. The van der Waals surface area contributed by atoms with E-state index in [1.54, 1.807) is 21.1 Å². The molecule has 3 aromatic heterocycles. The number of thiazole rings is 1. The zero-order valence-electron chi connectivity index (χ0n) is 46.3. The number of phenolic OH excluding ortho intramolecular Hbond substituents is 1. The van der Waals surface area contributed by atoms with Crippen LogP contribution < -0.4 is 20.3 Å². The van der Waals surface area contributed by atoms with Gasteiger partial charge in [-0.2, -0.15) is 9.97 Å². The van der Waals surface area contributed by atoms with Crippen molar-refractivity contribution >= 4 is 57.1 Å². The molecule has 5 unspecified atom stereocenters. The van der Waals surface area contributed by atoms with Gasteiger partial charge >= 0.3 is 6.01 Å². The molecule has 0 spiro atoms. The van der Waals surface area contributed by atoms with Crippen LogP contribution in [0.25, 0.3) is 43.4 Å². The number of terminal acetylenes is 1. The van der Waals surface area contributed by atoms with Gasteiger partial charge in [0.25, 0.3) is 0 Å². The summed E-state index contributed by atoms with van der Waals surface area (Å²) in [5.41, 5.74) is 4.88. The van der Waals surface area contributed by atoms with Gasteiger partial charge in [-0.15, -0.1) is 17.8 Å². The van der Waals surface area contributed by atoms with Crippen molar-refractivity contribution in [2.24, 2.45) is 5.92 Å². The molecule has 17 nitrogen and oxygen atoms in total. The third-order valence-corrected chi connectivity index (χ3v) is 16.0. The average Bonchev–Trinajstić information content (AvgIpc) is 4.36. The normalized spacial score (nSPS) is 20.0. The minimum atomic E-state index is -0.735. The number of aromatic hydroxyl groups is 1. The number of aliphatic hydroxyl groups excluding tert-OH is 2. The van der Waals surface area contributed by atoms with Crippen LogP contribution in [0, 0.1) is 36.8 Å². The molecule has 3 aromatic carbocycles. The molecule has 5 fully saturated rings. The molecule has 5 aliphatic rings. The lowest BCUT2D eigenvalue weighted by Gasteiger charge is -2.34. The van der Waals surface area contributed by atoms with Gasteiger partial charge in [0.15, 0.2) is 5.82 Å². The van der Waals surface area contributed by atoms with E-state index in [1.807, 2.05) is 36.7 Å². The molecular formula is C60H74F2N10O7S. The molecule has 5 N–H and O–H groups in total. The van der Waals surface area contributed by atoms with Gasteiger partial charge in [-0.1, -0.05) is 57.0 Å². The van der Waals surface area contributed by atoms with Crippen LogP contribution in [0.3, 0.4) is 0 Å². The number of halogens is 2. The van der Waals surface area contributed by atoms with E-state index in [0.29, 0.717) is 61.0 Å². The van der Waals surface area contributed by atoms with E-state index in [9.17, 15) is 34.1 Å². The predicted octanol–water partition coefficient (Wildman–Crippen LogP) is 7.77. The number of amides is 3. The average molecular weight is 1120 g/mol. The summed E-state index contributed by atoms with van der Waals surface area (Å²) < 4.78 is 35.9. The van der Waals surface area contributed by atoms with Gasteiger partial charge in [0.2, 0.25) is 18.2 Å². The number of anilines is 1. The Morgan fingerprint density at radius 3 is 2.35 bits per heavy atom. The Morgan fingerprint density at radius 2 is 1.73 bits per heavy atom. The number of rotatable bonds is 14. The molecule has 2 bridgehead atoms. The van der Waals surface area contributed by atoms with Gasteiger partial charge < -0.3 is 50.3 Å². The Hall–Kier alpha value is -6.89. The number of aromatic nitrogens is 4. The van der Waals surface area contributed by atoms with Crippen LogP contribution in [-0.2, 0) is 14.4 Å². The summed E-state index contributed by atoms with van der Waals surface area (Å²) in [4.78, 5) is 61.5. The number of methoxy groups -OCH3 is 1. The zero-order valence-corrected chi connectivity index (χ0v) is 47.2. The molecule has 0 saturated carbocycles. The first-order chi connectivity index (χ1) is 38.6. The standard InChI is InChI=1S/C26H21F2N5O2.C17H29N3O3.C13H14N2O2S.C4H10/c1-3-17-20(27)7-4-13-8-16(34)9-18(21(13)17)23-22(28)24-19(10-29-23)25(32-26(31-24)35-2)33-11-14-5-6-15(12-33)30-14;21-15-7-11-19(12-15)17(23)13-20-14(5-6-16(20)22)4-3-10-18-8-1-2-9-18;1-9-13(18-8-15-9)11-4-2-10(3-5-11)12(6-16)14-7-17;1-4(2)3/h1,4,7-10,14-15,30,34H,5-6,11-12H2,2H3;14-15,21H,1-13H2;2-5,7-8,12,16H,6H2,1H3,(H,14,17);4H,1-3H3. The zero-order chi connectivity index (χ0) is 57.0. The summed E-state index contributed by atoms with van der Waals surface area (Å²) in [5, 5.41) is 36.4. The van der Waals surface area contributed by atoms with Crippen molar-refractivity contribution in [1.82, 2.24) is 45.3 Å². The van der Waals surface area contributed by atoms with Crippen LogP contribution in [0.15, 0.2) is 60.2 Å². The Balaban J connectivity index is 0.000000162. The van der Waals surface area contributed by atoms with Gasteiger partial charge in [-0.25, -0.2) is 13.8 Å². The van der Waals surface area contributed by atoms with Gasteiger partial charge in [0.05, 0.1) is 52.9 Å². The van der Waals surface area contributed by atoms with Gasteiger partial charge in [0, 0.05) is 67.9 Å². The number of aryl methyl sites for hydroxylation is 1. The molecule has 426 valence electrons. The minimum Gasteiger partial charge on any atom is -0.508 e. The number of aliphatic hydroxyl groups is 2. The molecule has 5 aliphatic heterocycles. The summed E-state index contributed by atoms with van der Waals surface area (Å²) in [6, 6.07) is 13.8. The number of β-amino-alcohol motifs (C(OH)–C–C–N with tert-alkyl or cyclic N) is 1. The molecule has 5 atom stereocenters. The third kappa shape index (κ3) is 14.3. The lowest BCUT2D eigenvalue weighted by atomic mass is 9.96. The Bertz CT molecular complexity index is 3140. The van der Waals surface area contributed by atoms with E-state index in [-0.39, 0.29) is 76.5 Å². The van der Waals surface area contributed by atoms with E-state index in [0.717, 1.165) is 79.4 Å². The summed E-state index contributed by atoms with van der Waals surface area (Å²) in [7, 11) is 1.43. The molecule has 5 saturated heterocycles. The number of likely N-dealkylation sites (tertiary alicyclic amines) is 3. The molecule has 0 radical (unpaired) electrons. The number of nitrogens with one attached hydrogen (secondary N) is 2. The summed E-state index contributed by atoms with van der Waals surface area (Å²) in [5.74, 6) is 2.36. The van der Waals surface area contributed by atoms with Crippen LogP contribution in [0.5, 0.6) is 11.8 Å². The van der Waals surface area contributed by atoms with Crippen molar-refractivity contribution in [3.63, 3.8) is 0 Å². The number of hydrogen-bond acceptors (Lipinski definition) is 15. The maximum absolute atomic E-state index is 16.1. The van der Waals surface area contributed by atoms with Crippen LogP contribution in [0.4, 0.5) is 14.6 Å². The lowest BCUT2D eigenvalue weighted by molar-refractivity contribution is -0.139. The van der Waals surface area contributed by atoms with E-state index in [2.05, 4.69) is 67.1 Å². The maximum atomic E-state index is 16.1. The van der Waals surface area contributed by atoms with E-state index >= 15 is 4.39 Å². The monoisotopic (exact) mass is 1120 g/mol. The molecule has 6 aromatic rings. The van der Waals surface area contributed by atoms with Crippen molar-refractivity contribution in [3.8, 4) is 45.8 Å². The maximum Gasteiger partial charge on any atom is 0.318 e. The number of piperazine rings is 1. The largest absolute Gasteiger partial charge is 0.508 e. The first kappa shape index (κ1) is 59.2. The fourth-order valence-electron chi connectivity index (χ4n) is 11.1. The van der Waals surface area contributed by atoms with Crippen molar-refractivity contribution in [1.29, 1.82) is 0 Å². The summed E-state index contributed by atoms with van der Waals surface area (Å²) in [6.45, 7) is 14.6. The Labute approximate surface area is 470 Å². The van der Waals surface area contributed by atoms with Crippen LogP contribution in [-0.4, -0.2) is 158 Å². The number of hydrogen-bond donors (Lipinski definition) is 5. The fourth-order valence-corrected chi connectivity index (χ4v) is 11.9. The first-order valence-electron chi connectivity index (χ1n) is 27.7. The number of carbonyl (C=O) groups is 3. The highest BCUT2D eigenvalue weighted by atomic mass is 32.1. The quantitative estimate of drug-likeness (QED) is 0.0522. The minimum absolute atomic E-state index is 0.0126. The first-order valence-corrected chi connectivity index (χ1v) is 28.6. The second-order valence-corrected chi connectivity index (χ2v) is 22.6. The second-order valence-electron chi connectivity index (χ2n) is 21.7. The van der Waals surface area contributed by atoms with Gasteiger partial charge in [-0.05, 0) is 119 Å². The van der Waals surface area contributed by atoms with Gasteiger partial charge in [-0.3, -0.25) is 19.4 Å². The molecular weight excluding hydrogens is 1040 g/mol. The fraction of sp³-hybridized carbons (Fsp3) is 0.483. The van der Waals surface area contributed by atoms with Crippen LogP contribution in [0.1, 0.15) is 101 Å². The van der Waals surface area contributed by atoms with Gasteiger partial charge in [0.1, 0.15) is 35.1 Å². The lowest BCUT2D eigenvalue weighted by Crippen LogP contribution is -2.51. The highest BCUT2D eigenvalue weighted by Gasteiger charge is 2.36. The molecule has 0 aliphatic carbocycles. The van der Waals surface area contributed by atoms with E-state index in [1.165, 1.54) is 63.5 Å². The number of ether oxygens (including phenoxy) is 1. The topological polar surface area (TPSA) is 210 Å².